The fraction of sp³-hybridized carbons (Fsp3) is 0.438. The number of benzene rings is 2. The Morgan fingerprint density at radius 2 is 1.41 bits per heavy atom. The van der Waals surface area contributed by atoms with Crippen molar-refractivity contribution in [1.29, 1.82) is 0 Å². The number of esters is 1. The van der Waals surface area contributed by atoms with E-state index < -0.39 is 47.6 Å². The van der Waals surface area contributed by atoms with Crippen LogP contribution >= 0.6 is 0 Å². The monoisotopic (exact) mass is 563 g/mol. The molecule has 0 saturated carbocycles. The van der Waals surface area contributed by atoms with Crippen molar-refractivity contribution < 1.29 is 28.7 Å². The van der Waals surface area contributed by atoms with Gasteiger partial charge in [0.15, 0.2) is 0 Å². The SMILES string of the molecule is CCCC[C@@H](NC(=O)[C@@H](CC#Cc1ccccc1)NC(=O)[C@@H](Cc1ccccc1)NC(=O)OC(C)(C)C)C(=O)OC. The van der Waals surface area contributed by atoms with Gasteiger partial charge in [-0.15, -0.1) is 0 Å². The van der Waals surface area contributed by atoms with E-state index in [0.717, 1.165) is 17.5 Å². The second-order valence-corrected chi connectivity index (χ2v) is 10.5. The van der Waals surface area contributed by atoms with Gasteiger partial charge in [0.1, 0.15) is 23.7 Å². The highest BCUT2D eigenvalue weighted by molar-refractivity contribution is 5.93. The summed E-state index contributed by atoms with van der Waals surface area (Å²) in [5.41, 5.74) is 0.787. The van der Waals surface area contributed by atoms with Gasteiger partial charge in [-0.3, -0.25) is 9.59 Å². The molecule has 0 unspecified atom stereocenters. The number of amides is 3. The Labute approximate surface area is 242 Å². The first kappa shape index (κ1) is 32.9. The van der Waals surface area contributed by atoms with Crippen molar-refractivity contribution >= 4 is 23.9 Å². The third kappa shape index (κ3) is 12.6. The van der Waals surface area contributed by atoms with Gasteiger partial charge in [-0.1, -0.05) is 80.1 Å². The number of alkyl carbamates (subject to hydrolysis) is 1. The van der Waals surface area contributed by atoms with Crippen LogP contribution in [-0.2, 0) is 30.3 Å². The normalized spacial score (nSPS) is 12.9. The predicted molar refractivity (Wildman–Crippen MR) is 157 cm³/mol. The van der Waals surface area contributed by atoms with Crippen molar-refractivity contribution in [3.8, 4) is 11.8 Å². The molecule has 9 heteroatoms. The molecule has 220 valence electrons. The maximum absolute atomic E-state index is 13.5. The van der Waals surface area contributed by atoms with Gasteiger partial charge in [-0.05, 0) is 44.9 Å². The van der Waals surface area contributed by atoms with Gasteiger partial charge in [0.25, 0.3) is 0 Å². The molecular formula is C32H41N3O6. The number of rotatable bonds is 12. The molecule has 0 aromatic heterocycles. The van der Waals surface area contributed by atoms with Crippen LogP contribution in [0.3, 0.4) is 0 Å². The van der Waals surface area contributed by atoms with Gasteiger partial charge in [-0.25, -0.2) is 9.59 Å². The van der Waals surface area contributed by atoms with Crippen LogP contribution in [0.15, 0.2) is 60.7 Å². The number of unbranched alkanes of at least 4 members (excludes halogenated alkanes) is 1. The fourth-order valence-electron chi connectivity index (χ4n) is 3.84. The van der Waals surface area contributed by atoms with Crippen LogP contribution in [-0.4, -0.2) is 54.7 Å². The van der Waals surface area contributed by atoms with Crippen molar-refractivity contribution in [2.45, 2.75) is 83.5 Å². The van der Waals surface area contributed by atoms with Gasteiger partial charge in [0.2, 0.25) is 11.8 Å². The molecule has 3 atom stereocenters. The van der Waals surface area contributed by atoms with Crippen LogP contribution in [0, 0.1) is 11.8 Å². The van der Waals surface area contributed by atoms with E-state index in [4.69, 9.17) is 9.47 Å². The number of methoxy groups -OCH3 is 1. The highest BCUT2D eigenvalue weighted by atomic mass is 16.6. The summed E-state index contributed by atoms with van der Waals surface area (Å²) in [6.45, 7) is 7.14. The Balaban J connectivity index is 2.30. The van der Waals surface area contributed by atoms with E-state index in [1.165, 1.54) is 7.11 Å². The van der Waals surface area contributed by atoms with Gasteiger partial charge in [-0.2, -0.15) is 0 Å². The lowest BCUT2D eigenvalue weighted by Gasteiger charge is -2.25. The van der Waals surface area contributed by atoms with E-state index in [1.807, 2.05) is 67.6 Å². The largest absolute Gasteiger partial charge is 0.467 e. The van der Waals surface area contributed by atoms with E-state index >= 15 is 0 Å². The van der Waals surface area contributed by atoms with Crippen LogP contribution in [0.25, 0.3) is 0 Å². The van der Waals surface area contributed by atoms with Crippen LogP contribution in [0.4, 0.5) is 4.79 Å². The summed E-state index contributed by atoms with van der Waals surface area (Å²) >= 11 is 0. The molecule has 3 N–H and O–H groups in total. The summed E-state index contributed by atoms with van der Waals surface area (Å²) in [5.74, 6) is 4.20. The summed E-state index contributed by atoms with van der Waals surface area (Å²) in [4.78, 5) is 51.9. The molecule has 0 spiro atoms. The zero-order chi connectivity index (χ0) is 30.3. The number of ether oxygens (including phenoxy) is 2. The van der Waals surface area contributed by atoms with E-state index in [1.54, 1.807) is 20.8 Å². The standard InChI is InChI=1S/C32H41N3O6/c1-6-7-20-26(30(38)40-5)34-28(36)25(21-14-19-23-15-10-8-11-16-23)33-29(37)27(22-24-17-12-9-13-18-24)35-31(39)41-32(2,3)4/h8-13,15-18,25-27H,6-7,20-22H2,1-5H3,(H,33,37)(H,34,36)(H,35,39)/t25-,26-,27-/m1/s1. The van der Waals surface area contributed by atoms with Crippen molar-refractivity contribution in [2.75, 3.05) is 7.11 Å². The Morgan fingerprint density at radius 3 is 2.00 bits per heavy atom. The molecule has 9 nitrogen and oxygen atoms in total. The highest BCUT2D eigenvalue weighted by Gasteiger charge is 2.30. The second-order valence-electron chi connectivity index (χ2n) is 10.5. The average Bonchev–Trinajstić information content (AvgIpc) is 2.93. The molecule has 2 aromatic carbocycles. The molecule has 0 aliphatic rings. The van der Waals surface area contributed by atoms with Gasteiger partial charge >= 0.3 is 12.1 Å². The minimum Gasteiger partial charge on any atom is -0.467 e. The summed E-state index contributed by atoms with van der Waals surface area (Å²) < 4.78 is 10.2. The molecule has 3 amide bonds. The zero-order valence-corrected chi connectivity index (χ0v) is 24.5. The van der Waals surface area contributed by atoms with Crippen molar-refractivity contribution in [1.82, 2.24) is 16.0 Å². The van der Waals surface area contributed by atoms with Crippen LogP contribution in [0.2, 0.25) is 0 Å². The molecule has 0 radical (unpaired) electrons. The summed E-state index contributed by atoms with van der Waals surface area (Å²) in [6, 6.07) is 15.4. The molecule has 0 heterocycles. The molecule has 41 heavy (non-hydrogen) atoms. The summed E-state index contributed by atoms with van der Waals surface area (Å²) in [5, 5.41) is 8.07. The quantitative estimate of drug-likeness (QED) is 0.266. The molecule has 2 aromatic rings. The molecule has 0 bridgehead atoms. The fourth-order valence-corrected chi connectivity index (χ4v) is 3.84. The van der Waals surface area contributed by atoms with E-state index in [0.29, 0.717) is 12.8 Å². The van der Waals surface area contributed by atoms with Gasteiger partial charge in [0, 0.05) is 18.4 Å². The number of hydrogen-bond donors (Lipinski definition) is 3. The van der Waals surface area contributed by atoms with Crippen LogP contribution < -0.4 is 16.0 Å². The van der Waals surface area contributed by atoms with Crippen molar-refractivity contribution in [3.05, 3.63) is 71.8 Å². The van der Waals surface area contributed by atoms with Crippen LogP contribution in [0.1, 0.15) is 64.5 Å². The molecule has 2 rings (SSSR count). The van der Waals surface area contributed by atoms with Crippen LogP contribution in [0.5, 0.6) is 0 Å². The molecule has 0 aliphatic heterocycles. The Hall–Kier alpha value is -4.32. The van der Waals surface area contributed by atoms with E-state index in [-0.39, 0.29) is 12.8 Å². The van der Waals surface area contributed by atoms with E-state index in [9.17, 15) is 19.2 Å². The topological polar surface area (TPSA) is 123 Å². The summed E-state index contributed by atoms with van der Waals surface area (Å²) in [7, 11) is 1.26. The first-order valence-electron chi connectivity index (χ1n) is 13.8. The second kappa shape index (κ2) is 16.7. The third-order valence-corrected chi connectivity index (χ3v) is 5.88. The molecule has 0 fully saturated rings. The van der Waals surface area contributed by atoms with Crippen molar-refractivity contribution in [3.63, 3.8) is 0 Å². The lowest BCUT2D eigenvalue weighted by Crippen LogP contribution is -2.56. The first-order valence-corrected chi connectivity index (χ1v) is 13.8. The van der Waals surface area contributed by atoms with Crippen molar-refractivity contribution in [2.24, 2.45) is 0 Å². The summed E-state index contributed by atoms with van der Waals surface area (Å²) in [6.07, 6.45) is 1.29. The lowest BCUT2D eigenvalue weighted by atomic mass is 10.0. The number of carbonyl (C=O) groups is 4. The van der Waals surface area contributed by atoms with Gasteiger partial charge in [0.05, 0.1) is 7.11 Å². The minimum atomic E-state index is -1.11. The predicted octanol–water partition coefficient (Wildman–Crippen LogP) is 3.90. The Bertz CT molecular complexity index is 1200. The molecule has 0 aliphatic carbocycles. The third-order valence-electron chi connectivity index (χ3n) is 5.88. The Morgan fingerprint density at radius 1 is 0.829 bits per heavy atom. The smallest absolute Gasteiger partial charge is 0.408 e. The van der Waals surface area contributed by atoms with Gasteiger partial charge < -0.3 is 25.4 Å². The molecular weight excluding hydrogens is 522 g/mol. The molecule has 0 saturated heterocycles. The van der Waals surface area contributed by atoms with E-state index in [2.05, 4.69) is 27.8 Å². The number of nitrogens with one attached hydrogen (secondary N) is 3. The average molecular weight is 564 g/mol. The maximum atomic E-state index is 13.5. The first-order chi connectivity index (χ1) is 19.5. The maximum Gasteiger partial charge on any atom is 0.408 e. The number of hydrogen-bond acceptors (Lipinski definition) is 6. The Kier molecular flexibility index (Phi) is 13.4. The zero-order valence-electron chi connectivity index (χ0n) is 24.5. The number of carbonyl (C=O) groups excluding carboxylic acids is 4. The highest BCUT2D eigenvalue weighted by Crippen LogP contribution is 2.10. The lowest BCUT2D eigenvalue weighted by molar-refractivity contribution is -0.145. The minimum absolute atomic E-state index is 0.0291.